The normalized spacial score (nSPS) is 19.9. The summed E-state index contributed by atoms with van der Waals surface area (Å²) in [6, 6.07) is 13.5. The van der Waals surface area contributed by atoms with Crippen LogP contribution in [0.4, 0.5) is 0 Å². The van der Waals surface area contributed by atoms with E-state index in [1.165, 1.54) is 42.5 Å². The average molecular weight is 266 g/mol. The van der Waals surface area contributed by atoms with Crippen LogP contribution < -0.4 is 0 Å². The van der Waals surface area contributed by atoms with Gasteiger partial charge in [0.05, 0.1) is 0 Å². The molecule has 3 rings (SSSR count). The lowest BCUT2D eigenvalue weighted by Gasteiger charge is -2.36. The Labute approximate surface area is 121 Å². The molecule has 0 aliphatic carbocycles. The summed E-state index contributed by atoms with van der Waals surface area (Å²) in [5, 5.41) is 0. The maximum atomic E-state index is 4.23. The van der Waals surface area contributed by atoms with Crippen LogP contribution in [0.15, 0.2) is 48.8 Å². The lowest BCUT2D eigenvalue weighted by atomic mass is 9.93. The van der Waals surface area contributed by atoms with E-state index in [2.05, 4.69) is 53.2 Å². The molecule has 1 aliphatic heterocycles. The SMILES string of the molecule is Cc1cnccc1[C@@H]1CCCCN1Cc1ccccc1. The van der Waals surface area contributed by atoms with E-state index in [-0.39, 0.29) is 0 Å². The largest absolute Gasteiger partial charge is 0.292 e. The van der Waals surface area contributed by atoms with Gasteiger partial charge in [0.2, 0.25) is 0 Å². The Morgan fingerprint density at radius 2 is 2.00 bits per heavy atom. The number of aromatic nitrogens is 1. The van der Waals surface area contributed by atoms with Gasteiger partial charge in [-0.15, -0.1) is 0 Å². The first-order valence-electron chi connectivity index (χ1n) is 7.53. The molecule has 2 heteroatoms. The van der Waals surface area contributed by atoms with Gasteiger partial charge in [0.1, 0.15) is 0 Å². The quantitative estimate of drug-likeness (QED) is 0.831. The number of nitrogens with zero attached hydrogens (tertiary/aromatic N) is 2. The summed E-state index contributed by atoms with van der Waals surface area (Å²) in [7, 11) is 0. The van der Waals surface area contributed by atoms with E-state index < -0.39 is 0 Å². The van der Waals surface area contributed by atoms with Gasteiger partial charge in [0.25, 0.3) is 0 Å². The van der Waals surface area contributed by atoms with Crippen molar-refractivity contribution in [2.45, 2.75) is 38.8 Å². The van der Waals surface area contributed by atoms with Crippen molar-refractivity contribution in [3.63, 3.8) is 0 Å². The number of piperidine rings is 1. The van der Waals surface area contributed by atoms with Gasteiger partial charge in [-0.05, 0) is 49.1 Å². The van der Waals surface area contributed by atoms with Crippen molar-refractivity contribution in [2.24, 2.45) is 0 Å². The summed E-state index contributed by atoms with van der Waals surface area (Å²) in [6.07, 6.45) is 7.82. The zero-order valence-electron chi connectivity index (χ0n) is 12.1. The van der Waals surface area contributed by atoms with Crippen LogP contribution in [0.1, 0.15) is 42.0 Å². The first-order valence-corrected chi connectivity index (χ1v) is 7.53. The van der Waals surface area contributed by atoms with Gasteiger partial charge in [0, 0.05) is 25.0 Å². The molecular formula is C18H22N2. The summed E-state index contributed by atoms with van der Waals surface area (Å²) in [4.78, 5) is 6.86. The van der Waals surface area contributed by atoms with Crippen LogP contribution in [0.3, 0.4) is 0 Å². The molecule has 104 valence electrons. The van der Waals surface area contributed by atoms with E-state index in [1.807, 2.05) is 12.4 Å². The molecule has 20 heavy (non-hydrogen) atoms. The monoisotopic (exact) mass is 266 g/mol. The van der Waals surface area contributed by atoms with Gasteiger partial charge in [-0.2, -0.15) is 0 Å². The molecule has 2 aromatic rings. The molecule has 0 radical (unpaired) electrons. The third-order valence-corrected chi connectivity index (χ3v) is 4.26. The maximum absolute atomic E-state index is 4.23. The molecule has 1 aromatic heterocycles. The highest BCUT2D eigenvalue weighted by Gasteiger charge is 2.24. The second-order valence-electron chi connectivity index (χ2n) is 5.70. The Morgan fingerprint density at radius 3 is 2.80 bits per heavy atom. The van der Waals surface area contributed by atoms with E-state index >= 15 is 0 Å². The smallest absolute Gasteiger partial charge is 0.0355 e. The predicted molar refractivity (Wildman–Crippen MR) is 82.4 cm³/mol. The second-order valence-corrected chi connectivity index (χ2v) is 5.70. The van der Waals surface area contributed by atoms with Crippen molar-refractivity contribution in [2.75, 3.05) is 6.54 Å². The van der Waals surface area contributed by atoms with Crippen LogP contribution in [-0.2, 0) is 6.54 Å². The van der Waals surface area contributed by atoms with E-state index in [0.717, 1.165) is 6.54 Å². The molecule has 0 amide bonds. The lowest BCUT2D eigenvalue weighted by molar-refractivity contribution is 0.140. The molecule has 1 aromatic carbocycles. The number of likely N-dealkylation sites (tertiary alicyclic amines) is 1. The van der Waals surface area contributed by atoms with E-state index in [9.17, 15) is 0 Å². The number of benzene rings is 1. The van der Waals surface area contributed by atoms with Crippen molar-refractivity contribution in [1.29, 1.82) is 0 Å². The summed E-state index contributed by atoms with van der Waals surface area (Å²) >= 11 is 0. The van der Waals surface area contributed by atoms with E-state index in [1.54, 1.807) is 0 Å². The minimum absolute atomic E-state index is 0.548. The summed E-state index contributed by atoms with van der Waals surface area (Å²) in [6.45, 7) is 4.42. The van der Waals surface area contributed by atoms with Crippen LogP contribution in [0.5, 0.6) is 0 Å². The maximum Gasteiger partial charge on any atom is 0.0355 e. The Hall–Kier alpha value is -1.67. The lowest BCUT2D eigenvalue weighted by Crippen LogP contribution is -2.33. The Morgan fingerprint density at radius 1 is 1.15 bits per heavy atom. The number of aryl methyl sites for hydroxylation is 1. The van der Waals surface area contributed by atoms with Crippen LogP contribution in [0.2, 0.25) is 0 Å². The molecule has 0 unspecified atom stereocenters. The van der Waals surface area contributed by atoms with Crippen molar-refractivity contribution >= 4 is 0 Å². The fraction of sp³-hybridized carbons (Fsp3) is 0.389. The fourth-order valence-electron chi connectivity index (χ4n) is 3.21. The standard InChI is InChI=1S/C18H22N2/c1-15-13-19-11-10-17(15)18-9-5-6-12-20(18)14-16-7-3-2-4-8-16/h2-4,7-8,10-11,13,18H,5-6,9,12,14H2,1H3/t18-/m0/s1. The summed E-state index contributed by atoms with van der Waals surface area (Å²) < 4.78 is 0. The van der Waals surface area contributed by atoms with Gasteiger partial charge in [-0.1, -0.05) is 36.8 Å². The predicted octanol–water partition coefficient (Wildman–Crippen LogP) is 4.12. The molecule has 2 heterocycles. The van der Waals surface area contributed by atoms with Crippen molar-refractivity contribution in [3.05, 3.63) is 65.5 Å². The van der Waals surface area contributed by atoms with Crippen LogP contribution in [0, 0.1) is 6.92 Å². The zero-order valence-corrected chi connectivity index (χ0v) is 12.1. The molecule has 2 nitrogen and oxygen atoms in total. The fourth-order valence-corrected chi connectivity index (χ4v) is 3.21. The van der Waals surface area contributed by atoms with Crippen LogP contribution >= 0.6 is 0 Å². The second kappa shape index (κ2) is 6.19. The molecule has 1 atom stereocenters. The summed E-state index contributed by atoms with van der Waals surface area (Å²) in [5.41, 5.74) is 4.18. The van der Waals surface area contributed by atoms with Gasteiger partial charge in [-0.25, -0.2) is 0 Å². The van der Waals surface area contributed by atoms with Crippen LogP contribution in [0.25, 0.3) is 0 Å². The highest BCUT2D eigenvalue weighted by Crippen LogP contribution is 2.33. The van der Waals surface area contributed by atoms with Gasteiger partial charge < -0.3 is 0 Å². The van der Waals surface area contributed by atoms with Crippen molar-refractivity contribution < 1.29 is 0 Å². The van der Waals surface area contributed by atoms with E-state index in [4.69, 9.17) is 0 Å². The molecular weight excluding hydrogens is 244 g/mol. The van der Waals surface area contributed by atoms with E-state index in [0.29, 0.717) is 6.04 Å². The number of hydrogen-bond acceptors (Lipinski definition) is 2. The van der Waals surface area contributed by atoms with Gasteiger partial charge in [-0.3, -0.25) is 9.88 Å². The molecule has 0 spiro atoms. The highest BCUT2D eigenvalue weighted by atomic mass is 15.2. The Bertz CT molecular complexity index is 550. The third-order valence-electron chi connectivity index (χ3n) is 4.26. The van der Waals surface area contributed by atoms with Gasteiger partial charge in [0.15, 0.2) is 0 Å². The Balaban J connectivity index is 1.83. The van der Waals surface area contributed by atoms with Gasteiger partial charge >= 0.3 is 0 Å². The molecule has 0 bridgehead atoms. The zero-order chi connectivity index (χ0) is 13.8. The third kappa shape index (κ3) is 2.91. The number of rotatable bonds is 3. The van der Waals surface area contributed by atoms with Crippen molar-refractivity contribution in [3.8, 4) is 0 Å². The molecule has 1 saturated heterocycles. The first kappa shape index (κ1) is 13.3. The topological polar surface area (TPSA) is 16.1 Å². The summed E-state index contributed by atoms with van der Waals surface area (Å²) in [5.74, 6) is 0. The minimum atomic E-state index is 0.548. The average Bonchev–Trinajstić information content (AvgIpc) is 2.50. The molecule has 0 N–H and O–H groups in total. The van der Waals surface area contributed by atoms with Crippen molar-refractivity contribution in [1.82, 2.24) is 9.88 Å². The highest BCUT2D eigenvalue weighted by molar-refractivity contribution is 5.26. The molecule has 1 fully saturated rings. The van der Waals surface area contributed by atoms with Crippen LogP contribution in [-0.4, -0.2) is 16.4 Å². The molecule has 0 saturated carbocycles. The number of hydrogen-bond donors (Lipinski definition) is 0. The minimum Gasteiger partial charge on any atom is -0.292 e. The first-order chi connectivity index (χ1) is 9.84. The molecule has 1 aliphatic rings. The number of pyridine rings is 1. The Kier molecular flexibility index (Phi) is 4.12.